The molecule has 0 aliphatic carbocycles. The molecule has 1 aliphatic rings. The second-order valence-electron chi connectivity index (χ2n) is 3.15. The Balaban J connectivity index is 2.25. The highest BCUT2D eigenvalue weighted by molar-refractivity contribution is 5.60. The zero-order valence-corrected chi connectivity index (χ0v) is 8.03. The number of nitrogens with two attached hydrogens (primary N) is 1. The molecule has 1 aromatic carbocycles. The first kappa shape index (κ1) is 9.15. The summed E-state index contributed by atoms with van der Waals surface area (Å²) in [6.45, 7) is 0.963. The summed E-state index contributed by atoms with van der Waals surface area (Å²) >= 11 is 0. The van der Waals surface area contributed by atoms with Crippen LogP contribution in [-0.2, 0) is 4.74 Å². The summed E-state index contributed by atoms with van der Waals surface area (Å²) in [5.41, 5.74) is 6.35. The van der Waals surface area contributed by atoms with Crippen molar-refractivity contribution in [3.05, 3.63) is 18.2 Å². The quantitative estimate of drug-likeness (QED) is 0.681. The van der Waals surface area contributed by atoms with Gasteiger partial charge in [0.2, 0.25) is 0 Å². The number of fused-ring (bicyclic) bond motifs is 1. The van der Waals surface area contributed by atoms with E-state index < -0.39 is 0 Å². The third-order valence-corrected chi connectivity index (χ3v) is 2.18. The summed E-state index contributed by atoms with van der Waals surface area (Å²) in [7, 11) is 1.64. The van der Waals surface area contributed by atoms with Gasteiger partial charge in [-0.25, -0.2) is 0 Å². The van der Waals surface area contributed by atoms with Crippen LogP contribution >= 0.6 is 0 Å². The van der Waals surface area contributed by atoms with Gasteiger partial charge in [-0.1, -0.05) is 6.07 Å². The molecule has 1 atom stereocenters. The Bertz CT molecular complexity index is 327. The monoisotopic (exact) mass is 195 g/mol. The third-order valence-electron chi connectivity index (χ3n) is 2.18. The summed E-state index contributed by atoms with van der Waals surface area (Å²) in [4.78, 5) is 0. The van der Waals surface area contributed by atoms with Crippen LogP contribution in [0.3, 0.4) is 0 Å². The van der Waals surface area contributed by atoms with Gasteiger partial charge in [0.25, 0.3) is 0 Å². The SMILES string of the molecule is COC1COc2cccc(N)c2OC1. The molecule has 2 N–H and O–H groups in total. The first-order valence-corrected chi connectivity index (χ1v) is 4.48. The molecular weight excluding hydrogens is 182 g/mol. The van der Waals surface area contributed by atoms with Crippen LogP contribution in [0.1, 0.15) is 0 Å². The van der Waals surface area contributed by atoms with Crippen molar-refractivity contribution >= 4 is 5.69 Å². The summed E-state index contributed by atoms with van der Waals surface area (Å²) in [5, 5.41) is 0. The summed E-state index contributed by atoms with van der Waals surface area (Å²) < 4.78 is 16.2. The Morgan fingerprint density at radius 3 is 2.93 bits per heavy atom. The zero-order valence-electron chi connectivity index (χ0n) is 8.03. The topological polar surface area (TPSA) is 53.7 Å². The van der Waals surface area contributed by atoms with Crippen molar-refractivity contribution < 1.29 is 14.2 Å². The van der Waals surface area contributed by atoms with Gasteiger partial charge < -0.3 is 19.9 Å². The van der Waals surface area contributed by atoms with E-state index in [1.165, 1.54) is 0 Å². The lowest BCUT2D eigenvalue weighted by molar-refractivity contribution is 0.0367. The number of hydrogen-bond donors (Lipinski definition) is 1. The Labute approximate surface area is 82.6 Å². The average molecular weight is 195 g/mol. The number of para-hydroxylation sites is 1. The maximum absolute atomic E-state index is 5.75. The average Bonchev–Trinajstić information content (AvgIpc) is 2.41. The molecule has 0 aromatic heterocycles. The smallest absolute Gasteiger partial charge is 0.184 e. The second kappa shape index (κ2) is 3.75. The van der Waals surface area contributed by atoms with Crippen molar-refractivity contribution in [2.75, 3.05) is 26.1 Å². The number of anilines is 1. The van der Waals surface area contributed by atoms with Crippen molar-refractivity contribution in [1.29, 1.82) is 0 Å². The minimum absolute atomic E-state index is 0.0400. The molecule has 4 heteroatoms. The normalized spacial score (nSPS) is 20.2. The maximum atomic E-state index is 5.75. The molecule has 1 aliphatic heterocycles. The van der Waals surface area contributed by atoms with E-state index in [4.69, 9.17) is 19.9 Å². The predicted octanol–water partition coefficient (Wildman–Crippen LogP) is 1.05. The molecule has 1 heterocycles. The van der Waals surface area contributed by atoms with Gasteiger partial charge in [0.15, 0.2) is 11.5 Å². The Kier molecular flexibility index (Phi) is 2.45. The van der Waals surface area contributed by atoms with E-state index in [-0.39, 0.29) is 6.10 Å². The summed E-state index contributed by atoms with van der Waals surface area (Å²) in [5.74, 6) is 1.30. The van der Waals surface area contributed by atoms with Crippen LogP contribution in [0.5, 0.6) is 11.5 Å². The van der Waals surface area contributed by atoms with Gasteiger partial charge in [0.1, 0.15) is 19.3 Å². The first-order valence-electron chi connectivity index (χ1n) is 4.48. The molecule has 14 heavy (non-hydrogen) atoms. The maximum Gasteiger partial charge on any atom is 0.184 e. The molecule has 0 fully saturated rings. The number of nitrogen functional groups attached to an aromatic ring is 1. The van der Waals surface area contributed by atoms with Crippen LogP contribution in [0.2, 0.25) is 0 Å². The lowest BCUT2D eigenvalue weighted by Crippen LogP contribution is -2.24. The third kappa shape index (κ3) is 1.61. The number of benzene rings is 1. The highest BCUT2D eigenvalue weighted by Crippen LogP contribution is 2.34. The van der Waals surface area contributed by atoms with Gasteiger partial charge in [-0.3, -0.25) is 0 Å². The number of ether oxygens (including phenoxy) is 3. The molecule has 0 bridgehead atoms. The van der Waals surface area contributed by atoms with E-state index in [0.717, 1.165) is 0 Å². The Morgan fingerprint density at radius 1 is 1.36 bits per heavy atom. The Morgan fingerprint density at radius 2 is 2.14 bits per heavy atom. The van der Waals surface area contributed by atoms with Crippen LogP contribution in [0.15, 0.2) is 18.2 Å². The van der Waals surface area contributed by atoms with Crippen LogP contribution in [-0.4, -0.2) is 26.4 Å². The lowest BCUT2D eigenvalue weighted by Gasteiger charge is -2.10. The largest absolute Gasteiger partial charge is 0.487 e. The number of hydrogen-bond acceptors (Lipinski definition) is 4. The fourth-order valence-electron chi connectivity index (χ4n) is 1.34. The molecule has 1 unspecified atom stereocenters. The molecule has 0 amide bonds. The van der Waals surface area contributed by atoms with Gasteiger partial charge >= 0.3 is 0 Å². The zero-order chi connectivity index (χ0) is 9.97. The highest BCUT2D eigenvalue weighted by atomic mass is 16.6. The van der Waals surface area contributed by atoms with Gasteiger partial charge in [0.05, 0.1) is 5.69 Å². The summed E-state index contributed by atoms with van der Waals surface area (Å²) in [6.07, 6.45) is -0.0400. The van der Waals surface area contributed by atoms with E-state index in [9.17, 15) is 0 Å². The first-order chi connectivity index (χ1) is 6.81. The minimum atomic E-state index is -0.0400. The van der Waals surface area contributed by atoms with Crippen molar-refractivity contribution in [2.24, 2.45) is 0 Å². The molecule has 0 saturated carbocycles. The standard InChI is InChI=1S/C10H13NO3/c1-12-7-5-13-9-4-2-3-8(11)10(9)14-6-7/h2-4,7H,5-6,11H2,1H3. The van der Waals surface area contributed by atoms with Gasteiger partial charge in [-0.05, 0) is 12.1 Å². The molecule has 2 rings (SSSR count). The molecule has 0 spiro atoms. The predicted molar refractivity (Wildman–Crippen MR) is 52.6 cm³/mol. The minimum Gasteiger partial charge on any atom is -0.487 e. The van der Waals surface area contributed by atoms with Gasteiger partial charge in [-0.15, -0.1) is 0 Å². The lowest BCUT2D eigenvalue weighted by atomic mass is 10.3. The van der Waals surface area contributed by atoms with E-state index >= 15 is 0 Å². The molecule has 0 radical (unpaired) electrons. The van der Waals surface area contributed by atoms with Gasteiger partial charge in [0, 0.05) is 7.11 Å². The number of rotatable bonds is 1. The number of methoxy groups -OCH3 is 1. The molecule has 76 valence electrons. The molecular formula is C10H13NO3. The van der Waals surface area contributed by atoms with Crippen molar-refractivity contribution in [3.8, 4) is 11.5 Å². The van der Waals surface area contributed by atoms with Crippen molar-refractivity contribution in [3.63, 3.8) is 0 Å². The van der Waals surface area contributed by atoms with Crippen LogP contribution in [0.4, 0.5) is 5.69 Å². The van der Waals surface area contributed by atoms with Crippen molar-refractivity contribution in [2.45, 2.75) is 6.10 Å². The van der Waals surface area contributed by atoms with Crippen LogP contribution < -0.4 is 15.2 Å². The highest BCUT2D eigenvalue weighted by Gasteiger charge is 2.18. The van der Waals surface area contributed by atoms with Gasteiger partial charge in [-0.2, -0.15) is 0 Å². The Hall–Kier alpha value is -1.42. The van der Waals surface area contributed by atoms with E-state index in [1.807, 2.05) is 12.1 Å². The summed E-state index contributed by atoms with van der Waals surface area (Å²) in [6, 6.07) is 5.46. The van der Waals surface area contributed by atoms with Crippen LogP contribution in [0, 0.1) is 0 Å². The van der Waals surface area contributed by atoms with Crippen molar-refractivity contribution in [1.82, 2.24) is 0 Å². The second-order valence-corrected chi connectivity index (χ2v) is 3.15. The molecule has 1 aromatic rings. The van der Waals surface area contributed by atoms with E-state index in [1.54, 1.807) is 13.2 Å². The fraction of sp³-hybridized carbons (Fsp3) is 0.400. The van der Waals surface area contributed by atoms with Crippen LogP contribution in [0.25, 0.3) is 0 Å². The molecule has 0 saturated heterocycles. The fourth-order valence-corrected chi connectivity index (χ4v) is 1.34. The van der Waals surface area contributed by atoms with E-state index in [2.05, 4.69) is 0 Å². The van der Waals surface area contributed by atoms with E-state index in [0.29, 0.717) is 30.4 Å². The molecule has 4 nitrogen and oxygen atoms in total.